The van der Waals surface area contributed by atoms with Crippen LogP contribution in [0.5, 0.6) is 11.5 Å². The van der Waals surface area contributed by atoms with Gasteiger partial charge in [0.1, 0.15) is 11.8 Å². The Bertz CT molecular complexity index is 1150. The lowest BCUT2D eigenvalue weighted by Gasteiger charge is -2.38. The number of ether oxygens (including phenoxy) is 2. The van der Waals surface area contributed by atoms with E-state index in [9.17, 15) is 4.79 Å². The van der Waals surface area contributed by atoms with E-state index in [-0.39, 0.29) is 17.4 Å². The van der Waals surface area contributed by atoms with Crippen LogP contribution in [0.25, 0.3) is 0 Å². The monoisotopic (exact) mass is 491 g/mol. The molecule has 4 rings (SSSR count). The highest BCUT2D eigenvalue weighted by atomic mass is 16.5. The van der Waals surface area contributed by atoms with Crippen molar-refractivity contribution in [3.63, 3.8) is 0 Å². The van der Waals surface area contributed by atoms with Crippen LogP contribution in [0.1, 0.15) is 56.6 Å². The third-order valence-corrected chi connectivity index (χ3v) is 6.99. The maximum absolute atomic E-state index is 13.0. The number of aryl methyl sites for hydroxylation is 2. The van der Waals surface area contributed by atoms with Gasteiger partial charge in [-0.15, -0.1) is 5.10 Å². The summed E-state index contributed by atoms with van der Waals surface area (Å²) in [5.74, 6) is 2.52. The van der Waals surface area contributed by atoms with E-state index in [0.717, 1.165) is 43.7 Å². The van der Waals surface area contributed by atoms with E-state index in [0.29, 0.717) is 23.8 Å². The first-order chi connectivity index (χ1) is 17.3. The number of rotatable bonds is 9. The van der Waals surface area contributed by atoms with E-state index >= 15 is 0 Å². The van der Waals surface area contributed by atoms with E-state index in [1.165, 1.54) is 5.56 Å². The number of carbonyl (C=O) groups is 1. The van der Waals surface area contributed by atoms with Crippen LogP contribution >= 0.6 is 0 Å². The molecule has 1 aliphatic heterocycles. The highest BCUT2D eigenvalue weighted by Gasteiger charge is 2.37. The Balaban J connectivity index is 1.66. The van der Waals surface area contributed by atoms with Gasteiger partial charge in [-0.05, 0) is 54.4 Å². The topological polar surface area (TPSA) is 82.4 Å². The fourth-order valence-electron chi connectivity index (χ4n) is 5.10. The number of hydrogen-bond acceptors (Lipinski definition) is 7. The lowest BCUT2D eigenvalue weighted by atomic mass is 9.78. The number of benzene rings is 2. The number of para-hydroxylation sites is 1. The lowest BCUT2D eigenvalue weighted by molar-refractivity contribution is -0.132. The SMILES string of the molecule is COc1cccc(C(c2nnnn2CCc2ccccc2)N2CCC(C(=O)C(C)(C)C)CC2)c1OC. The van der Waals surface area contributed by atoms with Crippen LogP contribution in [-0.4, -0.2) is 58.2 Å². The standard InChI is InChI=1S/C28H37N5O3/c1-28(2,3)26(34)21-15-17-32(18-16-21)24(22-12-9-13-23(35-4)25(22)36-5)27-29-30-31-33(27)19-14-20-10-7-6-8-11-20/h6-13,21,24H,14-19H2,1-5H3. The van der Waals surface area contributed by atoms with E-state index in [2.05, 4.69) is 38.6 Å². The molecule has 0 aliphatic carbocycles. The zero-order valence-electron chi connectivity index (χ0n) is 22.0. The molecule has 1 saturated heterocycles. The van der Waals surface area contributed by atoms with Crippen molar-refractivity contribution in [2.24, 2.45) is 11.3 Å². The predicted molar refractivity (Wildman–Crippen MR) is 138 cm³/mol. The molecule has 0 bridgehead atoms. The van der Waals surface area contributed by atoms with Crippen LogP contribution in [0.2, 0.25) is 0 Å². The molecular weight excluding hydrogens is 454 g/mol. The van der Waals surface area contributed by atoms with Crippen LogP contribution in [0.15, 0.2) is 48.5 Å². The number of Topliss-reactive ketones (excluding diaryl/α,β-unsaturated/α-hetero) is 1. The molecule has 0 N–H and O–H groups in total. The molecule has 192 valence electrons. The quantitative estimate of drug-likeness (QED) is 0.440. The van der Waals surface area contributed by atoms with Gasteiger partial charge < -0.3 is 9.47 Å². The molecular formula is C28H37N5O3. The third kappa shape index (κ3) is 5.59. The summed E-state index contributed by atoms with van der Waals surface area (Å²) in [6.45, 7) is 8.21. The van der Waals surface area contributed by atoms with Gasteiger partial charge in [0.25, 0.3) is 0 Å². The highest BCUT2D eigenvalue weighted by Crippen LogP contribution is 2.41. The van der Waals surface area contributed by atoms with Gasteiger partial charge in [-0.3, -0.25) is 9.69 Å². The molecule has 0 spiro atoms. The van der Waals surface area contributed by atoms with Gasteiger partial charge in [-0.25, -0.2) is 4.68 Å². The minimum absolute atomic E-state index is 0.0724. The zero-order chi connectivity index (χ0) is 25.7. The van der Waals surface area contributed by atoms with Crippen molar-refractivity contribution in [2.45, 2.75) is 52.6 Å². The van der Waals surface area contributed by atoms with E-state index in [1.54, 1.807) is 14.2 Å². The van der Waals surface area contributed by atoms with Crippen LogP contribution in [-0.2, 0) is 17.8 Å². The molecule has 1 atom stereocenters. The molecule has 3 aromatic rings. The lowest BCUT2D eigenvalue weighted by Crippen LogP contribution is -2.42. The van der Waals surface area contributed by atoms with Gasteiger partial charge >= 0.3 is 0 Å². The Morgan fingerprint density at radius 2 is 1.75 bits per heavy atom. The van der Waals surface area contributed by atoms with Crippen molar-refractivity contribution < 1.29 is 14.3 Å². The number of methoxy groups -OCH3 is 2. The largest absolute Gasteiger partial charge is 0.493 e. The molecule has 1 aliphatic rings. The van der Waals surface area contributed by atoms with Crippen molar-refractivity contribution in [3.05, 3.63) is 65.5 Å². The first-order valence-corrected chi connectivity index (χ1v) is 12.6. The number of likely N-dealkylation sites (tertiary alicyclic amines) is 1. The molecule has 2 aromatic carbocycles. The number of nitrogens with zero attached hydrogens (tertiary/aromatic N) is 5. The number of piperidine rings is 1. The smallest absolute Gasteiger partial charge is 0.173 e. The number of tetrazole rings is 1. The molecule has 0 saturated carbocycles. The fourth-order valence-corrected chi connectivity index (χ4v) is 5.10. The Labute approximate surface area is 213 Å². The van der Waals surface area contributed by atoms with E-state index in [1.807, 2.05) is 55.8 Å². The maximum atomic E-state index is 13.0. The molecule has 36 heavy (non-hydrogen) atoms. The Kier molecular flexibility index (Phi) is 8.04. The third-order valence-electron chi connectivity index (χ3n) is 6.99. The van der Waals surface area contributed by atoms with Gasteiger partial charge in [0, 0.05) is 23.4 Å². The predicted octanol–water partition coefficient (Wildman–Crippen LogP) is 4.35. The van der Waals surface area contributed by atoms with Gasteiger partial charge in [-0.1, -0.05) is 63.2 Å². The maximum Gasteiger partial charge on any atom is 0.173 e. The molecule has 2 heterocycles. The van der Waals surface area contributed by atoms with E-state index in [4.69, 9.17) is 9.47 Å². The Hall–Kier alpha value is -3.26. The van der Waals surface area contributed by atoms with Crippen LogP contribution in [0.4, 0.5) is 0 Å². The van der Waals surface area contributed by atoms with Gasteiger partial charge in [0.15, 0.2) is 17.3 Å². The van der Waals surface area contributed by atoms with Gasteiger partial charge in [0.05, 0.1) is 14.2 Å². The summed E-state index contributed by atoms with van der Waals surface area (Å²) in [4.78, 5) is 15.3. The van der Waals surface area contributed by atoms with Crippen molar-refractivity contribution in [1.29, 1.82) is 0 Å². The van der Waals surface area contributed by atoms with Crippen molar-refractivity contribution in [2.75, 3.05) is 27.3 Å². The minimum Gasteiger partial charge on any atom is -0.493 e. The molecule has 1 unspecified atom stereocenters. The molecule has 0 amide bonds. The summed E-state index contributed by atoms with van der Waals surface area (Å²) >= 11 is 0. The number of hydrogen-bond donors (Lipinski definition) is 0. The first kappa shape index (κ1) is 25.8. The second-order valence-electron chi connectivity index (χ2n) is 10.4. The van der Waals surface area contributed by atoms with Crippen LogP contribution in [0, 0.1) is 11.3 Å². The van der Waals surface area contributed by atoms with Gasteiger partial charge in [-0.2, -0.15) is 0 Å². The first-order valence-electron chi connectivity index (χ1n) is 12.6. The Morgan fingerprint density at radius 1 is 1.03 bits per heavy atom. The summed E-state index contributed by atoms with van der Waals surface area (Å²) in [6.07, 6.45) is 2.44. The molecule has 8 heteroatoms. The Morgan fingerprint density at radius 3 is 2.39 bits per heavy atom. The summed E-state index contributed by atoms with van der Waals surface area (Å²) in [5.41, 5.74) is 1.85. The second-order valence-corrected chi connectivity index (χ2v) is 10.4. The van der Waals surface area contributed by atoms with E-state index < -0.39 is 0 Å². The normalized spacial score (nSPS) is 16.0. The zero-order valence-corrected chi connectivity index (χ0v) is 22.0. The molecule has 1 aromatic heterocycles. The summed E-state index contributed by atoms with van der Waals surface area (Å²) in [7, 11) is 3.30. The average molecular weight is 492 g/mol. The summed E-state index contributed by atoms with van der Waals surface area (Å²) in [5, 5.41) is 12.9. The number of aromatic nitrogens is 4. The average Bonchev–Trinajstić information content (AvgIpc) is 3.35. The number of carbonyl (C=O) groups excluding carboxylic acids is 1. The molecule has 1 fully saturated rings. The fraction of sp³-hybridized carbons (Fsp3) is 0.500. The minimum atomic E-state index is -0.330. The van der Waals surface area contributed by atoms with Crippen LogP contribution in [0.3, 0.4) is 0 Å². The van der Waals surface area contributed by atoms with Crippen molar-refractivity contribution in [1.82, 2.24) is 25.1 Å². The van der Waals surface area contributed by atoms with Crippen molar-refractivity contribution in [3.8, 4) is 11.5 Å². The number of ketones is 1. The highest BCUT2D eigenvalue weighted by molar-refractivity contribution is 5.86. The second kappa shape index (κ2) is 11.2. The molecule has 8 nitrogen and oxygen atoms in total. The summed E-state index contributed by atoms with van der Waals surface area (Å²) < 4.78 is 13.3. The summed E-state index contributed by atoms with van der Waals surface area (Å²) in [6, 6.07) is 16.0. The van der Waals surface area contributed by atoms with Crippen molar-refractivity contribution >= 4 is 5.78 Å². The van der Waals surface area contributed by atoms with Gasteiger partial charge in [0.2, 0.25) is 0 Å². The molecule has 0 radical (unpaired) electrons. The van der Waals surface area contributed by atoms with Crippen LogP contribution < -0.4 is 9.47 Å².